The molecule has 4 rings (SSSR count). The van der Waals surface area contributed by atoms with Crippen LogP contribution in [0.5, 0.6) is 0 Å². The van der Waals surface area contributed by atoms with Crippen LogP contribution < -0.4 is 0 Å². The minimum Gasteiger partial charge on any atom is -0.410 e. The highest BCUT2D eigenvalue weighted by Crippen LogP contribution is 2.48. The van der Waals surface area contributed by atoms with Crippen LogP contribution >= 0.6 is 0 Å². The van der Waals surface area contributed by atoms with Crippen LogP contribution in [0.4, 0.5) is 17.6 Å². The van der Waals surface area contributed by atoms with Crippen molar-refractivity contribution in [3.63, 3.8) is 0 Å². The predicted octanol–water partition coefficient (Wildman–Crippen LogP) is 11.6. The molecule has 244 valence electrons. The lowest BCUT2D eigenvalue weighted by Gasteiger charge is -2.42. The van der Waals surface area contributed by atoms with Gasteiger partial charge in [-0.3, -0.25) is 9.78 Å². The fraction of sp³-hybridized carbons (Fsp3) is 0.514. The van der Waals surface area contributed by atoms with Crippen molar-refractivity contribution in [1.29, 1.82) is 0 Å². The summed E-state index contributed by atoms with van der Waals surface area (Å²) in [5, 5.41) is -0.0941. The van der Waals surface area contributed by atoms with Crippen LogP contribution in [0.3, 0.4) is 0 Å². The van der Waals surface area contributed by atoms with E-state index in [1.807, 2.05) is 6.92 Å². The number of rotatable bonds is 8. The van der Waals surface area contributed by atoms with Gasteiger partial charge in [0, 0.05) is 28.3 Å². The Bertz CT molecular complexity index is 1510. The summed E-state index contributed by atoms with van der Waals surface area (Å²) >= 11 is 0. The van der Waals surface area contributed by atoms with E-state index < -0.39 is 32.0 Å². The first kappa shape index (κ1) is 35.0. The van der Waals surface area contributed by atoms with Crippen molar-refractivity contribution < 1.29 is 26.8 Å². The van der Waals surface area contributed by atoms with E-state index in [0.717, 1.165) is 49.1 Å². The van der Waals surface area contributed by atoms with Gasteiger partial charge in [0.1, 0.15) is 5.82 Å². The zero-order chi connectivity index (χ0) is 33.5. The van der Waals surface area contributed by atoms with Crippen LogP contribution in [0.15, 0.2) is 48.5 Å². The van der Waals surface area contributed by atoms with Crippen molar-refractivity contribution in [2.24, 2.45) is 5.41 Å². The molecule has 0 unspecified atom stereocenters. The summed E-state index contributed by atoms with van der Waals surface area (Å²) in [6.45, 7) is 19.3. The summed E-state index contributed by atoms with van der Waals surface area (Å²) in [6, 6.07) is 10.5. The molecule has 0 aliphatic heterocycles. The molecule has 1 heterocycles. The number of halogens is 4. The van der Waals surface area contributed by atoms with Crippen LogP contribution in [0.2, 0.25) is 18.1 Å². The van der Waals surface area contributed by atoms with Gasteiger partial charge in [-0.15, -0.1) is 0 Å². The van der Waals surface area contributed by atoms with Crippen LogP contribution in [0.1, 0.15) is 124 Å². The number of benzene rings is 2. The Morgan fingerprint density at radius 1 is 0.933 bits per heavy atom. The van der Waals surface area contributed by atoms with Crippen molar-refractivity contribution in [2.45, 2.75) is 117 Å². The fourth-order valence-electron chi connectivity index (χ4n) is 6.02. The van der Waals surface area contributed by atoms with E-state index in [1.54, 1.807) is 12.1 Å². The summed E-state index contributed by atoms with van der Waals surface area (Å²) in [7, 11) is -2.36. The second-order valence-electron chi connectivity index (χ2n) is 15.3. The molecule has 8 heteroatoms. The first-order chi connectivity index (χ1) is 20.7. The molecule has 0 amide bonds. The smallest absolute Gasteiger partial charge is 0.410 e. The highest BCUT2D eigenvalue weighted by atomic mass is 28.4. The number of nitrogens with zero attached hydrogens (tertiary/aromatic N) is 1. The van der Waals surface area contributed by atoms with E-state index in [9.17, 15) is 22.4 Å². The van der Waals surface area contributed by atoms with Gasteiger partial charge >= 0.3 is 6.18 Å². The van der Waals surface area contributed by atoms with Crippen molar-refractivity contribution >= 4 is 14.1 Å². The molecular weight excluding hydrogens is 594 g/mol. The Labute approximate surface area is 266 Å². The third-order valence-electron chi connectivity index (χ3n) is 9.39. The summed E-state index contributed by atoms with van der Waals surface area (Å²) in [4.78, 5) is 19.8. The molecule has 0 bridgehead atoms. The molecule has 3 nitrogen and oxygen atoms in total. The topological polar surface area (TPSA) is 39.2 Å². The van der Waals surface area contributed by atoms with Gasteiger partial charge in [0.25, 0.3) is 0 Å². The summed E-state index contributed by atoms with van der Waals surface area (Å²) in [5.74, 6) is -0.755. The number of carbonyl (C=O) groups excluding carboxylic acids is 1. The largest absolute Gasteiger partial charge is 0.416 e. The predicted molar refractivity (Wildman–Crippen MR) is 176 cm³/mol. The molecule has 3 aromatic rings. The number of alkyl halides is 3. The van der Waals surface area contributed by atoms with E-state index in [4.69, 9.17) is 9.41 Å². The third kappa shape index (κ3) is 7.94. The fourth-order valence-corrected chi connectivity index (χ4v) is 7.29. The molecule has 1 atom stereocenters. The average Bonchev–Trinajstić information content (AvgIpc) is 3.45. The van der Waals surface area contributed by atoms with Crippen LogP contribution in [0, 0.1) is 18.2 Å². The number of hydrogen-bond donors (Lipinski definition) is 0. The molecule has 1 saturated carbocycles. The Kier molecular flexibility index (Phi) is 9.92. The molecule has 0 spiro atoms. The highest BCUT2D eigenvalue weighted by molar-refractivity contribution is 6.74. The number of ketones is 1. The molecule has 1 aliphatic carbocycles. The lowest BCUT2D eigenvalue weighted by Crippen LogP contribution is -2.42. The summed E-state index contributed by atoms with van der Waals surface area (Å²) < 4.78 is 61.8. The van der Waals surface area contributed by atoms with Gasteiger partial charge in [-0.05, 0) is 79.6 Å². The SMILES string of the molecule is Cc1nc(C2CCCC2)c(C(=O)c2ccc(C(F)(F)F)cc2)c(-c2ccc(F)cc2)c1[C@H](CC(C)(C)C)O[Si](C)(C)C(C)(C)C. The summed E-state index contributed by atoms with van der Waals surface area (Å²) in [6.07, 6.45) is -0.540. The number of aromatic nitrogens is 1. The minimum atomic E-state index is -4.52. The van der Waals surface area contributed by atoms with Gasteiger partial charge in [-0.1, -0.05) is 78.6 Å². The first-order valence-corrected chi connectivity index (χ1v) is 18.8. The van der Waals surface area contributed by atoms with Gasteiger partial charge < -0.3 is 4.43 Å². The molecule has 0 N–H and O–H groups in total. The second kappa shape index (κ2) is 12.7. The van der Waals surface area contributed by atoms with Gasteiger partial charge in [0.2, 0.25) is 0 Å². The van der Waals surface area contributed by atoms with Crippen molar-refractivity contribution in [2.75, 3.05) is 0 Å². The molecule has 0 radical (unpaired) electrons. The average molecular weight is 642 g/mol. The third-order valence-corrected chi connectivity index (χ3v) is 13.9. The zero-order valence-electron chi connectivity index (χ0n) is 28.1. The molecule has 0 saturated heterocycles. The molecule has 1 aliphatic rings. The van der Waals surface area contributed by atoms with Gasteiger partial charge in [0.05, 0.1) is 22.9 Å². The Morgan fingerprint density at radius 3 is 1.98 bits per heavy atom. The maximum absolute atomic E-state index is 14.6. The normalized spacial score (nSPS) is 15.8. The Hall–Kier alpha value is -2.84. The lowest BCUT2D eigenvalue weighted by molar-refractivity contribution is -0.137. The van der Waals surface area contributed by atoms with Crippen LogP contribution in [-0.4, -0.2) is 19.1 Å². The zero-order valence-corrected chi connectivity index (χ0v) is 29.1. The Morgan fingerprint density at radius 2 is 1.49 bits per heavy atom. The van der Waals surface area contributed by atoms with Gasteiger partial charge in [-0.25, -0.2) is 4.39 Å². The number of hydrogen-bond acceptors (Lipinski definition) is 3. The maximum Gasteiger partial charge on any atom is 0.416 e. The van der Waals surface area contributed by atoms with Crippen molar-refractivity contribution in [3.05, 3.63) is 88.0 Å². The number of pyridine rings is 1. The van der Waals surface area contributed by atoms with E-state index >= 15 is 0 Å². The molecule has 2 aromatic carbocycles. The Balaban J connectivity index is 2.08. The first-order valence-electron chi connectivity index (χ1n) is 15.9. The minimum absolute atomic E-state index is 0.0349. The molecular formula is C37H47F4NO2Si. The standard InChI is InChI=1S/C37H47F4NO2Si/c1-23-30(29(22-35(2,3)4)44-45(8,9)36(5,6)7)31(24-16-20-28(38)21-17-24)32(33(42-23)25-12-10-11-13-25)34(43)26-14-18-27(19-15-26)37(39,40)41/h14-21,25,29H,10-13,22H2,1-9H3/t29-/m0/s1. The number of carbonyl (C=O) groups is 1. The van der Waals surface area contributed by atoms with E-state index in [2.05, 4.69) is 54.6 Å². The van der Waals surface area contributed by atoms with Crippen molar-refractivity contribution in [1.82, 2.24) is 4.98 Å². The molecule has 1 fully saturated rings. The summed E-state index contributed by atoms with van der Waals surface area (Å²) in [5.41, 5.74) is 3.08. The van der Waals surface area contributed by atoms with Crippen LogP contribution in [0.25, 0.3) is 11.1 Å². The monoisotopic (exact) mass is 641 g/mol. The number of aryl methyl sites for hydroxylation is 1. The quantitative estimate of drug-likeness (QED) is 0.140. The van der Waals surface area contributed by atoms with E-state index in [1.165, 1.54) is 24.3 Å². The van der Waals surface area contributed by atoms with Crippen LogP contribution in [-0.2, 0) is 10.6 Å². The van der Waals surface area contributed by atoms with Gasteiger partial charge in [0.15, 0.2) is 14.1 Å². The van der Waals surface area contributed by atoms with Gasteiger partial charge in [-0.2, -0.15) is 13.2 Å². The van der Waals surface area contributed by atoms with Crippen molar-refractivity contribution in [3.8, 4) is 11.1 Å². The maximum atomic E-state index is 14.6. The highest BCUT2D eigenvalue weighted by Gasteiger charge is 2.42. The lowest BCUT2D eigenvalue weighted by atomic mass is 9.80. The second-order valence-corrected chi connectivity index (χ2v) is 20.0. The van der Waals surface area contributed by atoms with E-state index in [0.29, 0.717) is 28.8 Å². The molecule has 45 heavy (non-hydrogen) atoms. The molecule has 1 aromatic heterocycles. The van der Waals surface area contributed by atoms with E-state index in [-0.39, 0.29) is 27.7 Å².